The molecule has 3 aromatic heterocycles. The molecule has 0 saturated carbocycles. The molecule has 1 aliphatic rings. The lowest BCUT2D eigenvalue weighted by Crippen LogP contribution is -2.25. The van der Waals surface area contributed by atoms with Gasteiger partial charge in [-0.25, -0.2) is 9.50 Å². The molecule has 0 N–H and O–H groups in total. The molecule has 28 heavy (non-hydrogen) atoms. The number of pyridine rings is 1. The molecule has 0 spiro atoms. The largest absolute Gasteiger partial charge is 0.462 e. The predicted molar refractivity (Wildman–Crippen MR) is 107 cm³/mol. The second kappa shape index (κ2) is 7.32. The first kappa shape index (κ1) is 16.8. The van der Waals surface area contributed by atoms with Gasteiger partial charge < -0.3 is 14.4 Å². The minimum absolute atomic E-state index is 0.269. The molecule has 0 fully saturated rings. The van der Waals surface area contributed by atoms with E-state index < -0.39 is 0 Å². The van der Waals surface area contributed by atoms with Crippen LogP contribution in [0.1, 0.15) is 5.56 Å². The zero-order valence-corrected chi connectivity index (χ0v) is 15.7. The average molecular weight is 391 g/mol. The molecular formula is C20H17N5O2S. The monoisotopic (exact) mass is 391 g/mol. The summed E-state index contributed by atoms with van der Waals surface area (Å²) in [6.07, 6.45) is 7.14. The lowest BCUT2D eigenvalue weighted by Gasteiger charge is -2.21. The van der Waals surface area contributed by atoms with E-state index >= 15 is 0 Å². The fourth-order valence-corrected chi connectivity index (χ4v) is 3.90. The van der Waals surface area contributed by atoms with E-state index in [0.29, 0.717) is 6.54 Å². The lowest BCUT2D eigenvalue weighted by molar-refractivity contribution is 0.0797. The van der Waals surface area contributed by atoms with Gasteiger partial charge in [0.15, 0.2) is 5.76 Å². The number of aromatic nitrogens is 4. The van der Waals surface area contributed by atoms with E-state index in [1.54, 1.807) is 30.0 Å². The first-order valence-electron chi connectivity index (χ1n) is 8.84. The molecule has 7 nitrogen and oxygen atoms in total. The van der Waals surface area contributed by atoms with E-state index in [4.69, 9.17) is 19.6 Å². The minimum Gasteiger partial charge on any atom is -0.462 e. The number of benzene rings is 1. The number of imidazole rings is 1. The standard InChI is InChI=1S/C20H17N5O2S/c1-2-4-15(5-3-1)10-24(11-17-13-26-14-27-17)20-23-25-12-18(22-19(25)28-20)16-6-8-21-9-7-16/h1-9,12-13H,10-11,14H2. The van der Waals surface area contributed by atoms with E-state index in [2.05, 4.69) is 22.0 Å². The summed E-state index contributed by atoms with van der Waals surface area (Å²) in [5, 5.41) is 5.64. The van der Waals surface area contributed by atoms with Crippen LogP contribution in [-0.4, -0.2) is 32.9 Å². The average Bonchev–Trinajstić information content (AvgIpc) is 3.45. The van der Waals surface area contributed by atoms with Crippen LogP contribution in [-0.2, 0) is 16.0 Å². The molecule has 0 amide bonds. The summed E-state index contributed by atoms with van der Waals surface area (Å²) in [6.45, 7) is 1.57. The predicted octanol–water partition coefficient (Wildman–Crippen LogP) is 3.71. The van der Waals surface area contributed by atoms with Crippen molar-refractivity contribution >= 4 is 21.4 Å². The zero-order valence-electron chi connectivity index (χ0n) is 14.9. The summed E-state index contributed by atoms with van der Waals surface area (Å²) in [5.41, 5.74) is 3.11. The topological polar surface area (TPSA) is 64.8 Å². The minimum atomic E-state index is 0.269. The molecule has 0 saturated heterocycles. The Morgan fingerprint density at radius 1 is 1.07 bits per heavy atom. The van der Waals surface area contributed by atoms with Gasteiger partial charge in [0.2, 0.25) is 16.9 Å². The summed E-state index contributed by atoms with van der Waals surface area (Å²) >= 11 is 1.55. The Kier molecular flexibility index (Phi) is 4.38. The third kappa shape index (κ3) is 3.41. The van der Waals surface area contributed by atoms with Crippen molar-refractivity contribution in [2.45, 2.75) is 6.54 Å². The molecular weight excluding hydrogens is 374 g/mol. The lowest BCUT2D eigenvalue weighted by atomic mass is 10.2. The van der Waals surface area contributed by atoms with Crippen molar-refractivity contribution in [3.63, 3.8) is 0 Å². The Labute approximate surface area is 165 Å². The maximum atomic E-state index is 5.52. The Hall–Kier alpha value is -3.39. The van der Waals surface area contributed by atoms with Gasteiger partial charge in [0.05, 0.1) is 18.4 Å². The highest BCUT2D eigenvalue weighted by Gasteiger charge is 2.19. The van der Waals surface area contributed by atoms with Crippen LogP contribution in [0.2, 0.25) is 0 Å². The second-order valence-electron chi connectivity index (χ2n) is 6.33. The van der Waals surface area contributed by atoms with Gasteiger partial charge in [-0.1, -0.05) is 41.7 Å². The highest BCUT2D eigenvalue weighted by molar-refractivity contribution is 7.20. The van der Waals surface area contributed by atoms with E-state index in [-0.39, 0.29) is 6.79 Å². The normalized spacial score (nSPS) is 13.2. The van der Waals surface area contributed by atoms with Crippen LogP contribution < -0.4 is 4.90 Å². The Morgan fingerprint density at radius 2 is 1.93 bits per heavy atom. The number of rotatable bonds is 6. The molecule has 0 atom stereocenters. The molecule has 0 radical (unpaired) electrons. The molecule has 4 aromatic rings. The zero-order chi connectivity index (χ0) is 18.8. The second-order valence-corrected chi connectivity index (χ2v) is 7.26. The molecule has 140 valence electrons. The van der Waals surface area contributed by atoms with Crippen molar-refractivity contribution in [3.8, 4) is 11.3 Å². The number of hydrogen-bond donors (Lipinski definition) is 0. The van der Waals surface area contributed by atoms with Crippen LogP contribution in [0.4, 0.5) is 5.13 Å². The maximum absolute atomic E-state index is 5.52. The van der Waals surface area contributed by atoms with E-state index in [0.717, 1.165) is 33.7 Å². The van der Waals surface area contributed by atoms with Crippen molar-refractivity contribution in [2.75, 3.05) is 18.2 Å². The van der Waals surface area contributed by atoms with E-state index in [1.165, 1.54) is 5.56 Å². The van der Waals surface area contributed by atoms with Crippen LogP contribution in [0.5, 0.6) is 0 Å². The van der Waals surface area contributed by atoms with Crippen molar-refractivity contribution in [2.24, 2.45) is 0 Å². The van der Waals surface area contributed by atoms with Crippen LogP contribution in [0.15, 0.2) is 73.1 Å². The Bertz CT molecular complexity index is 1080. The van der Waals surface area contributed by atoms with Gasteiger partial charge in [0.25, 0.3) is 0 Å². The van der Waals surface area contributed by atoms with Crippen molar-refractivity contribution in [1.82, 2.24) is 19.6 Å². The van der Waals surface area contributed by atoms with Gasteiger partial charge in [0, 0.05) is 24.5 Å². The summed E-state index contributed by atoms with van der Waals surface area (Å²) in [5.74, 6) is 0.793. The van der Waals surface area contributed by atoms with E-state index in [1.807, 2.05) is 41.0 Å². The van der Waals surface area contributed by atoms with Gasteiger partial charge in [-0.3, -0.25) is 4.98 Å². The molecule has 1 aromatic carbocycles. The molecule has 8 heteroatoms. The van der Waals surface area contributed by atoms with Gasteiger partial charge in [-0.2, -0.15) is 0 Å². The SMILES string of the molecule is C1=C(CN(Cc2ccccc2)c2nn3cc(-c4ccncc4)nc3s2)OCO1. The van der Waals surface area contributed by atoms with Crippen molar-refractivity contribution in [3.05, 3.63) is 78.6 Å². The summed E-state index contributed by atoms with van der Waals surface area (Å²) < 4.78 is 12.6. The van der Waals surface area contributed by atoms with E-state index in [9.17, 15) is 0 Å². The number of ether oxygens (including phenoxy) is 2. The van der Waals surface area contributed by atoms with Gasteiger partial charge >= 0.3 is 0 Å². The molecule has 0 aliphatic carbocycles. The molecule has 5 rings (SSSR count). The summed E-state index contributed by atoms with van der Waals surface area (Å²) in [4.78, 5) is 11.8. The number of fused-ring (bicyclic) bond motifs is 1. The maximum Gasteiger partial charge on any atom is 0.229 e. The summed E-state index contributed by atoms with van der Waals surface area (Å²) in [7, 11) is 0. The van der Waals surface area contributed by atoms with Crippen LogP contribution in [0.3, 0.4) is 0 Å². The smallest absolute Gasteiger partial charge is 0.229 e. The van der Waals surface area contributed by atoms with Gasteiger partial charge in [-0.15, -0.1) is 5.10 Å². The first-order valence-corrected chi connectivity index (χ1v) is 9.66. The Morgan fingerprint density at radius 3 is 2.68 bits per heavy atom. The third-order valence-corrected chi connectivity index (χ3v) is 5.35. The highest BCUT2D eigenvalue weighted by atomic mass is 32.1. The highest BCUT2D eigenvalue weighted by Crippen LogP contribution is 2.28. The fraction of sp³-hybridized carbons (Fsp3) is 0.150. The van der Waals surface area contributed by atoms with Crippen LogP contribution in [0.25, 0.3) is 16.2 Å². The van der Waals surface area contributed by atoms with Crippen molar-refractivity contribution in [1.29, 1.82) is 0 Å². The first-order chi connectivity index (χ1) is 13.8. The third-order valence-electron chi connectivity index (χ3n) is 4.37. The molecule has 0 bridgehead atoms. The van der Waals surface area contributed by atoms with Crippen LogP contribution >= 0.6 is 11.3 Å². The molecule has 4 heterocycles. The Balaban J connectivity index is 1.45. The quantitative estimate of drug-likeness (QED) is 0.499. The molecule has 1 aliphatic heterocycles. The fourth-order valence-electron chi connectivity index (χ4n) is 3.02. The van der Waals surface area contributed by atoms with Gasteiger partial charge in [0.1, 0.15) is 6.26 Å². The number of hydrogen-bond acceptors (Lipinski definition) is 7. The molecule has 0 unspecified atom stereocenters. The van der Waals surface area contributed by atoms with Crippen molar-refractivity contribution < 1.29 is 9.47 Å². The van der Waals surface area contributed by atoms with Gasteiger partial charge in [-0.05, 0) is 17.7 Å². The van der Waals surface area contributed by atoms with Crippen LogP contribution in [0, 0.1) is 0 Å². The number of nitrogens with zero attached hydrogens (tertiary/aromatic N) is 5. The number of anilines is 1. The summed E-state index contributed by atoms with van der Waals surface area (Å²) in [6, 6.07) is 14.2.